The van der Waals surface area contributed by atoms with Gasteiger partial charge in [0.25, 0.3) is 0 Å². The van der Waals surface area contributed by atoms with Crippen LogP contribution in [0.2, 0.25) is 0 Å². The average molecular weight is 338 g/mol. The molecule has 130 valence electrons. The number of ether oxygens (including phenoxy) is 3. The molecule has 4 heteroatoms. The lowest BCUT2D eigenvalue weighted by molar-refractivity contribution is -0.131. The zero-order chi connectivity index (χ0) is 18.0. The summed E-state index contributed by atoms with van der Waals surface area (Å²) in [5, 5.41) is 0. The Morgan fingerprint density at radius 3 is 2.40 bits per heavy atom. The van der Waals surface area contributed by atoms with Crippen LogP contribution in [0, 0.1) is 0 Å². The number of fused-ring (bicyclic) bond motifs is 1. The molecule has 0 amide bonds. The standard InChI is InChI=1S/C21H22O4/c1-5-18-19-11-10-17(25-14(3)22)12-20(19)24-13(2)21(18)15-6-8-16(23-4)9-7-15/h6-13H,5H2,1-4H3. The number of hydrogen-bond acceptors (Lipinski definition) is 4. The van der Waals surface area contributed by atoms with Crippen LogP contribution in [0.25, 0.3) is 11.1 Å². The zero-order valence-corrected chi connectivity index (χ0v) is 15.0. The molecule has 0 spiro atoms. The molecule has 0 aromatic heterocycles. The molecule has 4 nitrogen and oxygen atoms in total. The average Bonchev–Trinajstić information content (AvgIpc) is 2.60. The smallest absolute Gasteiger partial charge is 0.308 e. The van der Waals surface area contributed by atoms with E-state index >= 15 is 0 Å². The first-order valence-corrected chi connectivity index (χ1v) is 8.40. The number of carbonyl (C=O) groups excluding carboxylic acids is 1. The van der Waals surface area contributed by atoms with Crippen molar-refractivity contribution in [2.24, 2.45) is 0 Å². The lowest BCUT2D eigenvalue weighted by Crippen LogP contribution is -2.20. The van der Waals surface area contributed by atoms with Crippen LogP contribution in [0.15, 0.2) is 42.5 Å². The maximum atomic E-state index is 11.2. The van der Waals surface area contributed by atoms with Crippen molar-refractivity contribution in [2.75, 3.05) is 7.11 Å². The van der Waals surface area contributed by atoms with Gasteiger partial charge in [-0.3, -0.25) is 4.79 Å². The van der Waals surface area contributed by atoms with Crippen LogP contribution in [0.5, 0.6) is 17.2 Å². The minimum absolute atomic E-state index is 0.0941. The van der Waals surface area contributed by atoms with Crippen molar-refractivity contribution in [3.8, 4) is 17.2 Å². The Kier molecular flexibility index (Phi) is 4.79. The monoisotopic (exact) mass is 338 g/mol. The predicted molar refractivity (Wildman–Crippen MR) is 97.9 cm³/mol. The summed E-state index contributed by atoms with van der Waals surface area (Å²) < 4.78 is 16.6. The van der Waals surface area contributed by atoms with Gasteiger partial charge < -0.3 is 14.2 Å². The Labute approximate surface area is 148 Å². The van der Waals surface area contributed by atoms with Crippen LogP contribution in [0.1, 0.15) is 38.3 Å². The second-order valence-electron chi connectivity index (χ2n) is 5.99. The fourth-order valence-corrected chi connectivity index (χ4v) is 3.28. The number of esters is 1. The van der Waals surface area contributed by atoms with Gasteiger partial charge in [-0.15, -0.1) is 0 Å². The summed E-state index contributed by atoms with van der Waals surface area (Å²) in [7, 11) is 1.66. The Morgan fingerprint density at radius 2 is 1.80 bits per heavy atom. The van der Waals surface area contributed by atoms with E-state index in [4.69, 9.17) is 14.2 Å². The molecule has 3 rings (SSSR count). The quantitative estimate of drug-likeness (QED) is 0.597. The highest BCUT2D eigenvalue weighted by Gasteiger charge is 2.26. The first-order valence-electron chi connectivity index (χ1n) is 8.40. The molecule has 0 bridgehead atoms. The summed E-state index contributed by atoms with van der Waals surface area (Å²) in [5.74, 6) is 1.74. The minimum atomic E-state index is -0.339. The largest absolute Gasteiger partial charge is 0.497 e. The van der Waals surface area contributed by atoms with Gasteiger partial charge in [-0.1, -0.05) is 19.1 Å². The first-order chi connectivity index (χ1) is 12.0. The highest BCUT2D eigenvalue weighted by atomic mass is 16.5. The van der Waals surface area contributed by atoms with Crippen molar-refractivity contribution in [1.29, 1.82) is 0 Å². The molecule has 1 aliphatic heterocycles. The third kappa shape index (κ3) is 3.38. The van der Waals surface area contributed by atoms with E-state index in [0.29, 0.717) is 5.75 Å². The summed E-state index contributed by atoms with van der Waals surface area (Å²) in [6.07, 6.45) is 0.790. The second kappa shape index (κ2) is 7.01. The summed E-state index contributed by atoms with van der Waals surface area (Å²) in [6, 6.07) is 13.6. The van der Waals surface area contributed by atoms with Crippen LogP contribution in [0.3, 0.4) is 0 Å². The first kappa shape index (κ1) is 17.1. The maximum Gasteiger partial charge on any atom is 0.308 e. The number of hydrogen-bond donors (Lipinski definition) is 0. The van der Waals surface area contributed by atoms with Crippen LogP contribution < -0.4 is 14.2 Å². The van der Waals surface area contributed by atoms with Crippen molar-refractivity contribution in [1.82, 2.24) is 0 Å². The molecule has 2 aromatic carbocycles. The molecule has 25 heavy (non-hydrogen) atoms. The molecule has 0 saturated heterocycles. The summed E-state index contributed by atoms with van der Waals surface area (Å²) in [5.41, 5.74) is 4.59. The van der Waals surface area contributed by atoms with Crippen LogP contribution in [0.4, 0.5) is 0 Å². The van der Waals surface area contributed by atoms with E-state index in [9.17, 15) is 4.79 Å². The third-order valence-electron chi connectivity index (χ3n) is 4.33. The Hall–Kier alpha value is -2.75. The summed E-state index contributed by atoms with van der Waals surface area (Å²) in [6.45, 7) is 5.57. The summed E-state index contributed by atoms with van der Waals surface area (Å²) >= 11 is 0. The van der Waals surface area contributed by atoms with E-state index in [1.54, 1.807) is 19.2 Å². The third-order valence-corrected chi connectivity index (χ3v) is 4.33. The molecular weight excluding hydrogens is 316 g/mol. The lowest BCUT2D eigenvalue weighted by atomic mass is 9.87. The van der Waals surface area contributed by atoms with Crippen LogP contribution in [-0.2, 0) is 4.79 Å². The predicted octanol–water partition coefficient (Wildman–Crippen LogP) is 4.72. The summed E-state index contributed by atoms with van der Waals surface area (Å²) in [4.78, 5) is 11.2. The van der Waals surface area contributed by atoms with Gasteiger partial charge in [-0.25, -0.2) is 0 Å². The van der Waals surface area contributed by atoms with E-state index in [1.165, 1.54) is 18.1 Å². The molecule has 1 unspecified atom stereocenters. The fraction of sp³-hybridized carbons (Fsp3) is 0.286. The van der Waals surface area contributed by atoms with Gasteiger partial charge in [0.15, 0.2) is 0 Å². The molecule has 0 saturated carbocycles. The lowest BCUT2D eigenvalue weighted by Gasteiger charge is -2.29. The topological polar surface area (TPSA) is 44.8 Å². The zero-order valence-electron chi connectivity index (χ0n) is 15.0. The Morgan fingerprint density at radius 1 is 1.12 bits per heavy atom. The van der Waals surface area contributed by atoms with Gasteiger partial charge in [-0.05, 0) is 48.7 Å². The number of carbonyl (C=O) groups is 1. The van der Waals surface area contributed by atoms with Crippen molar-refractivity contribution < 1.29 is 19.0 Å². The SMILES string of the molecule is CCC1=C(c2ccc(OC)cc2)C(C)Oc2cc(OC(C)=O)ccc21. The number of methoxy groups -OCH3 is 1. The molecule has 1 atom stereocenters. The van der Waals surface area contributed by atoms with Gasteiger partial charge >= 0.3 is 5.97 Å². The van der Waals surface area contributed by atoms with Crippen molar-refractivity contribution in [2.45, 2.75) is 33.3 Å². The molecule has 0 fully saturated rings. The molecule has 1 aliphatic rings. The highest BCUT2D eigenvalue weighted by molar-refractivity contribution is 5.96. The van der Waals surface area contributed by atoms with E-state index in [1.807, 2.05) is 25.1 Å². The number of rotatable bonds is 4. The van der Waals surface area contributed by atoms with Crippen molar-refractivity contribution in [3.63, 3.8) is 0 Å². The highest BCUT2D eigenvalue weighted by Crippen LogP contribution is 2.43. The Bertz CT molecular complexity index is 818. The van der Waals surface area contributed by atoms with Crippen molar-refractivity contribution in [3.05, 3.63) is 53.6 Å². The normalized spacial score (nSPS) is 16.1. The minimum Gasteiger partial charge on any atom is -0.497 e. The molecule has 1 heterocycles. The van der Waals surface area contributed by atoms with E-state index in [-0.39, 0.29) is 12.1 Å². The fourth-order valence-electron chi connectivity index (χ4n) is 3.28. The van der Waals surface area contributed by atoms with E-state index < -0.39 is 0 Å². The van der Waals surface area contributed by atoms with Gasteiger partial charge in [0.05, 0.1) is 7.11 Å². The van der Waals surface area contributed by atoms with Gasteiger partial charge in [0, 0.05) is 24.1 Å². The van der Waals surface area contributed by atoms with Gasteiger partial charge in [0.2, 0.25) is 0 Å². The number of allylic oxidation sites excluding steroid dienone is 1. The van der Waals surface area contributed by atoms with Gasteiger partial charge in [0.1, 0.15) is 23.4 Å². The maximum absolute atomic E-state index is 11.2. The van der Waals surface area contributed by atoms with E-state index in [2.05, 4.69) is 19.1 Å². The van der Waals surface area contributed by atoms with Crippen molar-refractivity contribution >= 4 is 17.1 Å². The van der Waals surface area contributed by atoms with Crippen LogP contribution >= 0.6 is 0 Å². The van der Waals surface area contributed by atoms with E-state index in [0.717, 1.165) is 29.0 Å². The van der Waals surface area contributed by atoms with Gasteiger partial charge in [-0.2, -0.15) is 0 Å². The second-order valence-corrected chi connectivity index (χ2v) is 5.99. The number of benzene rings is 2. The Balaban J connectivity index is 2.07. The van der Waals surface area contributed by atoms with Crippen LogP contribution in [-0.4, -0.2) is 19.2 Å². The molecular formula is C21H22O4. The molecule has 0 aliphatic carbocycles. The molecule has 0 N–H and O–H groups in total. The molecule has 0 radical (unpaired) electrons. The molecule has 2 aromatic rings.